The highest BCUT2D eigenvalue weighted by atomic mass is 19.1. The van der Waals surface area contributed by atoms with Crippen LogP contribution < -0.4 is 10.4 Å². The van der Waals surface area contributed by atoms with Gasteiger partial charge >= 0.3 is 0 Å². The molecule has 1 fully saturated rings. The summed E-state index contributed by atoms with van der Waals surface area (Å²) in [7, 11) is 0. The third kappa shape index (κ3) is 4.62. The van der Waals surface area contributed by atoms with Gasteiger partial charge in [-0.05, 0) is 59.5 Å². The van der Waals surface area contributed by atoms with E-state index in [1.54, 1.807) is 6.07 Å². The fourth-order valence-corrected chi connectivity index (χ4v) is 5.43. The van der Waals surface area contributed by atoms with E-state index in [0.717, 1.165) is 71.7 Å². The molecular formula is C30H28FN5O2. The van der Waals surface area contributed by atoms with Crippen LogP contribution in [0.5, 0.6) is 5.75 Å². The molecule has 2 aliphatic heterocycles. The molecular weight excluding hydrogens is 481 g/mol. The Morgan fingerprint density at radius 1 is 1.11 bits per heavy atom. The molecule has 7 nitrogen and oxygen atoms in total. The van der Waals surface area contributed by atoms with Crippen LogP contribution in [0.2, 0.25) is 0 Å². The zero-order valence-electron chi connectivity index (χ0n) is 21.2. The first-order valence-electron chi connectivity index (χ1n) is 12.8. The Balaban J connectivity index is 1.44. The maximum Gasteiger partial charge on any atom is 0.219 e. The van der Waals surface area contributed by atoms with Crippen LogP contribution in [0.4, 0.5) is 4.39 Å². The summed E-state index contributed by atoms with van der Waals surface area (Å²) in [5, 5.41) is 9.35. The van der Waals surface area contributed by atoms with Gasteiger partial charge in [0.25, 0.3) is 0 Å². The zero-order chi connectivity index (χ0) is 26.1. The van der Waals surface area contributed by atoms with E-state index in [-0.39, 0.29) is 11.9 Å². The standard InChI is InChI=1S/C30H28FN5O2/c1-20(17-35-10-12-37-13-11-35)36-28-9-6-21(15-27(28)34-30(36)33-19-32)14-26-24-5-3-2-4-22(24)18-38-29-16-23(31)7-8-25(26)29/h2-9,14-16,20H,10-13,17-18H2,1H3,(H,33,34)/t20-/m1/s1. The number of ether oxygens (including phenoxy) is 2. The third-order valence-corrected chi connectivity index (χ3v) is 7.21. The van der Waals surface area contributed by atoms with E-state index >= 15 is 0 Å². The van der Waals surface area contributed by atoms with Crippen LogP contribution in [0.25, 0.3) is 22.7 Å². The highest BCUT2D eigenvalue weighted by molar-refractivity contribution is 5.95. The number of nitriles is 1. The Bertz CT molecular complexity index is 1640. The predicted molar refractivity (Wildman–Crippen MR) is 144 cm³/mol. The first-order valence-corrected chi connectivity index (χ1v) is 12.8. The molecule has 0 unspecified atom stereocenters. The summed E-state index contributed by atoms with van der Waals surface area (Å²) in [4.78, 5) is 9.81. The minimum absolute atomic E-state index is 0.103. The van der Waals surface area contributed by atoms with Gasteiger partial charge in [-0.25, -0.2) is 4.39 Å². The number of hydrogen-bond acceptors (Lipinski definition) is 5. The molecule has 0 radical (unpaired) electrons. The number of rotatable bonds is 4. The maximum atomic E-state index is 14.1. The van der Waals surface area contributed by atoms with Crippen LogP contribution in [0.15, 0.2) is 65.7 Å². The van der Waals surface area contributed by atoms with Gasteiger partial charge in [0, 0.05) is 37.3 Å². The molecule has 8 heteroatoms. The summed E-state index contributed by atoms with van der Waals surface area (Å²) < 4.78 is 27.6. The van der Waals surface area contributed by atoms with Crippen LogP contribution >= 0.6 is 0 Å². The molecule has 0 saturated carbocycles. The second-order valence-electron chi connectivity index (χ2n) is 9.71. The number of imidazole rings is 1. The van der Waals surface area contributed by atoms with Crippen LogP contribution in [0.1, 0.15) is 35.2 Å². The quantitative estimate of drug-likeness (QED) is 0.399. The van der Waals surface area contributed by atoms with Crippen molar-refractivity contribution in [3.05, 3.63) is 94.4 Å². The molecule has 1 N–H and O–H groups in total. The number of benzene rings is 3. The molecule has 38 heavy (non-hydrogen) atoms. The SMILES string of the molecule is C[C@H](CN1CCOCC1)n1c(=NC#N)[nH]c2cc(C=C3c4ccccc4COc4cc(F)ccc43)ccc21. The fourth-order valence-electron chi connectivity index (χ4n) is 5.43. The normalized spacial score (nSPS) is 17.9. The Hall–Kier alpha value is -4.19. The topological polar surface area (TPSA) is 78.6 Å². The number of aromatic amines is 1. The minimum Gasteiger partial charge on any atom is -0.488 e. The number of nitrogens with one attached hydrogen (secondary N) is 1. The van der Waals surface area contributed by atoms with Gasteiger partial charge in [-0.1, -0.05) is 30.3 Å². The van der Waals surface area contributed by atoms with Crippen molar-refractivity contribution >= 4 is 22.7 Å². The predicted octanol–water partition coefficient (Wildman–Crippen LogP) is 4.86. The molecule has 1 saturated heterocycles. The van der Waals surface area contributed by atoms with Gasteiger partial charge < -0.3 is 19.0 Å². The van der Waals surface area contributed by atoms with E-state index in [1.807, 2.05) is 24.4 Å². The smallest absolute Gasteiger partial charge is 0.219 e. The number of halogens is 1. The van der Waals surface area contributed by atoms with Gasteiger partial charge in [-0.3, -0.25) is 4.90 Å². The number of morpholine rings is 1. The first kappa shape index (κ1) is 24.2. The molecule has 0 bridgehead atoms. The zero-order valence-corrected chi connectivity index (χ0v) is 21.2. The molecule has 1 aromatic heterocycles. The lowest BCUT2D eigenvalue weighted by atomic mass is 9.92. The van der Waals surface area contributed by atoms with Crippen molar-refractivity contribution in [3.63, 3.8) is 0 Å². The lowest BCUT2D eigenvalue weighted by molar-refractivity contribution is 0.0326. The van der Waals surface area contributed by atoms with E-state index in [9.17, 15) is 9.65 Å². The molecule has 4 aromatic rings. The summed E-state index contributed by atoms with van der Waals surface area (Å²) in [5.74, 6) is 0.199. The monoisotopic (exact) mass is 509 g/mol. The second-order valence-corrected chi connectivity index (χ2v) is 9.71. The number of H-pyrrole nitrogens is 1. The van der Waals surface area contributed by atoms with Crippen molar-refractivity contribution in [2.24, 2.45) is 4.99 Å². The Morgan fingerprint density at radius 3 is 2.79 bits per heavy atom. The molecule has 0 aliphatic carbocycles. The van der Waals surface area contributed by atoms with Gasteiger partial charge in [-0.15, -0.1) is 4.99 Å². The van der Waals surface area contributed by atoms with Gasteiger partial charge in [-0.2, -0.15) is 5.26 Å². The van der Waals surface area contributed by atoms with Crippen molar-refractivity contribution in [2.45, 2.75) is 19.6 Å². The molecule has 3 heterocycles. The molecule has 1 atom stereocenters. The van der Waals surface area contributed by atoms with Crippen LogP contribution in [-0.4, -0.2) is 47.3 Å². The van der Waals surface area contributed by atoms with Gasteiger partial charge in [0.1, 0.15) is 18.2 Å². The van der Waals surface area contributed by atoms with Crippen LogP contribution in [0.3, 0.4) is 0 Å². The maximum absolute atomic E-state index is 14.1. The van der Waals surface area contributed by atoms with E-state index in [4.69, 9.17) is 9.47 Å². The van der Waals surface area contributed by atoms with Gasteiger partial charge in [0.2, 0.25) is 11.8 Å². The van der Waals surface area contributed by atoms with Crippen molar-refractivity contribution in [1.82, 2.24) is 14.5 Å². The lowest BCUT2D eigenvalue weighted by Gasteiger charge is -2.29. The Labute approximate surface area is 220 Å². The average Bonchev–Trinajstić information content (AvgIpc) is 3.21. The molecule has 2 aliphatic rings. The number of nitrogens with zero attached hydrogens (tertiary/aromatic N) is 4. The van der Waals surface area contributed by atoms with Crippen molar-refractivity contribution < 1.29 is 13.9 Å². The molecule has 192 valence electrons. The Morgan fingerprint density at radius 2 is 1.95 bits per heavy atom. The van der Waals surface area contributed by atoms with Crippen molar-refractivity contribution in [3.8, 4) is 11.9 Å². The molecule has 0 amide bonds. The minimum atomic E-state index is -0.327. The molecule has 0 spiro atoms. The second kappa shape index (κ2) is 10.3. The number of fused-ring (bicyclic) bond motifs is 3. The summed E-state index contributed by atoms with van der Waals surface area (Å²) in [6.07, 6.45) is 4.04. The lowest BCUT2D eigenvalue weighted by Crippen LogP contribution is -2.40. The summed E-state index contributed by atoms with van der Waals surface area (Å²) in [6.45, 7) is 6.63. The summed E-state index contributed by atoms with van der Waals surface area (Å²) in [5.41, 5.74) is 7.28. The highest BCUT2D eigenvalue weighted by Gasteiger charge is 2.21. The van der Waals surface area contributed by atoms with E-state index in [2.05, 4.69) is 56.7 Å². The Kier molecular flexibility index (Phi) is 6.54. The summed E-state index contributed by atoms with van der Waals surface area (Å²) >= 11 is 0. The van der Waals surface area contributed by atoms with E-state index in [0.29, 0.717) is 18.0 Å². The van der Waals surface area contributed by atoms with Gasteiger partial charge in [0.15, 0.2) is 0 Å². The van der Waals surface area contributed by atoms with Crippen LogP contribution in [0, 0.1) is 17.3 Å². The number of hydrogen-bond donors (Lipinski definition) is 1. The van der Waals surface area contributed by atoms with E-state index < -0.39 is 0 Å². The van der Waals surface area contributed by atoms with Crippen molar-refractivity contribution in [2.75, 3.05) is 32.8 Å². The first-order chi connectivity index (χ1) is 18.6. The van der Waals surface area contributed by atoms with Crippen LogP contribution in [-0.2, 0) is 11.3 Å². The summed E-state index contributed by atoms with van der Waals surface area (Å²) in [6, 6.07) is 19.1. The molecule has 3 aromatic carbocycles. The largest absolute Gasteiger partial charge is 0.488 e. The van der Waals surface area contributed by atoms with Crippen molar-refractivity contribution in [1.29, 1.82) is 5.26 Å². The fraction of sp³-hybridized carbons (Fsp3) is 0.267. The highest BCUT2D eigenvalue weighted by Crippen LogP contribution is 2.38. The average molecular weight is 510 g/mol. The third-order valence-electron chi connectivity index (χ3n) is 7.21. The van der Waals surface area contributed by atoms with Gasteiger partial charge in [0.05, 0.1) is 24.2 Å². The van der Waals surface area contributed by atoms with E-state index in [1.165, 1.54) is 12.1 Å². The molecule has 6 rings (SSSR count). The number of aromatic nitrogens is 2.